The molecule has 1 N–H and O–H groups in total. The lowest BCUT2D eigenvalue weighted by Gasteiger charge is -2.17. The van der Waals surface area contributed by atoms with E-state index < -0.39 is 0 Å². The monoisotopic (exact) mass is 264 g/mol. The molecule has 104 valence electrons. The standard InChI is InChI=1S/C14H20N2O3/c1-4-13(17)15-9-14(18)16(2)10-11-6-5-7-12(8-11)19-3/h5-8H,4,9-10H2,1-3H3,(H,15,17). The molecule has 0 heterocycles. The van der Waals surface area contributed by atoms with Gasteiger partial charge in [0.15, 0.2) is 0 Å². The summed E-state index contributed by atoms with van der Waals surface area (Å²) in [7, 11) is 3.31. The summed E-state index contributed by atoms with van der Waals surface area (Å²) in [6.45, 7) is 2.27. The normalized spacial score (nSPS) is 9.84. The minimum Gasteiger partial charge on any atom is -0.497 e. The number of ether oxygens (including phenoxy) is 1. The van der Waals surface area contributed by atoms with Crippen LogP contribution in [-0.4, -0.2) is 37.4 Å². The Morgan fingerprint density at radius 3 is 2.74 bits per heavy atom. The van der Waals surface area contributed by atoms with Gasteiger partial charge in [0.1, 0.15) is 5.75 Å². The van der Waals surface area contributed by atoms with Crippen LogP contribution >= 0.6 is 0 Å². The van der Waals surface area contributed by atoms with Gasteiger partial charge in [0.25, 0.3) is 0 Å². The number of rotatable bonds is 6. The predicted molar refractivity (Wildman–Crippen MR) is 72.8 cm³/mol. The topological polar surface area (TPSA) is 58.6 Å². The highest BCUT2D eigenvalue weighted by Crippen LogP contribution is 2.13. The van der Waals surface area contributed by atoms with Crippen molar-refractivity contribution in [1.82, 2.24) is 10.2 Å². The number of amides is 2. The van der Waals surface area contributed by atoms with Crippen molar-refractivity contribution < 1.29 is 14.3 Å². The Hall–Kier alpha value is -2.04. The van der Waals surface area contributed by atoms with Gasteiger partial charge < -0.3 is 15.0 Å². The second-order valence-corrected chi connectivity index (χ2v) is 4.23. The van der Waals surface area contributed by atoms with Crippen LogP contribution in [0.25, 0.3) is 0 Å². The maximum atomic E-state index is 11.8. The number of carbonyl (C=O) groups is 2. The molecule has 5 heteroatoms. The van der Waals surface area contributed by atoms with E-state index in [9.17, 15) is 9.59 Å². The molecule has 19 heavy (non-hydrogen) atoms. The summed E-state index contributed by atoms with van der Waals surface area (Å²) in [6.07, 6.45) is 0.382. The summed E-state index contributed by atoms with van der Waals surface area (Å²) >= 11 is 0. The van der Waals surface area contributed by atoms with Crippen molar-refractivity contribution in [3.63, 3.8) is 0 Å². The van der Waals surface area contributed by atoms with Crippen LogP contribution in [0, 0.1) is 0 Å². The van der Waals surface area contributed by atoms with Gasteiger partial charge >= 0.3 is 0 Å². The Kier molecular flexibility index (Phi) is 5.85. The molecule has 2 amide bonds. The lowest BCUT2D eigenvalue weighted by Crippen LogP contribution is -2.37. The van der Waals surface area contributed by atoms with Crippen molar-refractivity contribution in [3.05, 3.63) is 29.8 Å². The molecule has 1 aromatic rings. The predicted octanol–water partition coefficient (Wildman–Crippen LogP) is 1.18. The van der Waals surface area contributed by atoms with Crippen molar-refractivity contribution in [2.75, 3.05) is 20.7 Å². The quantitative estimate of drug-likeness (QED) is 0.839. The molecule has 0 spiro atoms. The number of hydrogen-bond donors (Lipinski definition) is 1. The first-order valence-electron chi connectivity index (χ1n) is 6.20. The van der Waals surface area contributed by atoms with E-state index in [1.54, 1.807) is 26.0 Å². The molecule has 0 bridgehead atoms. The molecule has 0 radical (unpaired) electrons. The first-order valence-corrected chi connectivity index (χ1v) is 6.20. The highest BCUT2D eigenvalue weighted by molar-refractivity contribution is 5.84. The van der Waals surface area contributed by atoms with E-state index in [2.05, 4.69) is 5.32 Å². The van der Waals surface area contributed by atoms with E-state index in [0.717, 1.165) is 11.3 Å². The molecule has 0 fully saturated rings. The van der Waals surface area contributed by atoms with Gasteiger partial charge in [-0.15, -0.1) is 0 Å². The van der Waals surface area contributed by atoms with E-state index in [1.807, 2.05) is 24.3 Å². The summed E-state index contributed by atoms with van der Waals surface area (Å²) < 4.78 is 5.13. The van der Waals surface area contributed by atoms with Crippen molar-refractivity contribution in [2.24, 2.45) is 0 Å². The number of hydrogen-bond acceptors (Lipinski definition) is 3. The van der Waals surface area contributed by atoms with Gasteiger partial charge in [-0.3, -0.25) is 9.59 Å². The van der Waals surface area contributed by atoms with Crippen LogP contribution in [0.1, 0.15) is 18.9 Å². The minimum absolute atomic E-state index is 0.0349. The van der Waals surface area contributed by atoms with Gasteiger partial charge in [-0.05, 0) is 17.7 Å². The third-order valence-corrected chi connectivity index (χ3v) is 2.74. The third-order valence-electron chi connectivity index (χ3n) is 2.74. The molecule has 1 rings (SSSR count). The van der Waals surface area contributed by atoms with Crippen molar-refractivity contribution in [3.8, 4) is 5.75 Å². The third kappa shape index (κ3) is 4.99. The fraction of sp³-hybridized carbons (Fsp3) is 0.429. The Morgan fingerprint density at radius 2 is 2.11 bits per heavy atom. The molecule has 1 aromatic carbocycles. The zero-order chi connectivity index (χ0) is 14.3. The van der Waals surface area contributed by atoms with Crippen LogP contribution in [0.4, 0.5) is 0 Å². The minimum atomic E-state index is -0.122. The number of nitrogens with zero attached hydrogens (tertiary/aromatic N) is 1. The van der Waals surface area contributed by atoms with Gasteiger partial charge in [0.05, 0.1) is 13.7 Å². The van der Waals surface area contributed by atoms with Gasteiger partial charge in [-0.2, -0.15) is 0 Å². The molecular weight excluding hydrogens is 244 g/mol. The molecule has 0 aromatic heterocycles. The highest BCUT2D eigenvalue weighted by atomic mass is 16.5. The molecule has 5 nitrogen and oxygen atoms in total. The van der Waals surface area contributed by atoms with E-state index in [0.29, 0.717) is 13.0 Å². The molecule has 0 aliphatic rings. The van der Waals surface area contributed by atoms with Crippen molar-refractivity contribution >= 4 is 11.8 Å². The number of benzene rings is 1. The molecule has 0 saturated carbocycles. The van der Waals surface area contributed by atoms with Gasteiger partial charge in [-0.25, -0.2) is 0 Å². The number of likely N-dealkylation sites (N-methyl/N-ethyl adjacent to an activating group) is 1. The summed E-state index contributed by atoms with van der Waals surface area (Å²) in [5.74, 6) is 0.519. The molecule has 0 aliphatic carbocycles. The SMILES string of the molecule is CCC(=O)NCC(=O)N(C)Cc1cccc(OC)c1. The Bertz CT molecular complexity index is 446. The van der Waals surface area contributed by atoms with Crippen LogP contribution in [0.15, 0.2) is 24.3 Å². The van der Waals surface area contributed by atoms with Gasteiger partial charge in [-0.1, -0.05) is 19.1 Å². The van der Waals surface area contributed by atoms with Crippen molar-refractivity contribution in [1.29, 1.82) is 0 Å². The molecule has 0 aliphatic heterocycles. The number of carbonyl (C=O) groups excluding carboxylic acids is 2. The average Bonchev–Trinajstić information content (AvgIpc) is 2.44. The van der Waals surface area contributed by atoms with Crippen LogP contribution < -0.4 is 10.1 Å². The Labute approximate surface area is 113 Å². The smallest absolute Gasteiger partial charge is 0.242 e. The second-order valence-electron chi connectivity index (χ2n) is 4.23. The summed E-state index contributed by atoms with van der Waals surface area (Å²) in [6, 6.07) is 7.55. The lowest BCUT2D eigenvalue weighted by molar-refractivity contribution is -0.132. The van der Waals surface area contributed by atoms with E-state index in [4.69, 9.17) is 4.74 Å². The summed E-state index contributed by atoms with van der Waals surface area (Å²) in [5.41, 5.74) is 0.983. The zero-order valence-corrected chi connectivity index (χ0v) is 11.6. The fourth-order valence-corrected chi connectivity index (χ4v) is 1.57. The van der Waals surface area contributed by atoms with Crippen LogP contribution in [0.2, 0.25) is 0 Å². The Morgan fingerprint density at radius 1 is 1.37 bits per heavy atom. The van der Waals surface area contributed by atoms with Crippen LogP contribution in [0.3, 0.4) is 0 Å². The van der Waals surface area contributed by atoms with E-state index in [1.165, 1.54) is 0 Å². The van der Waals surface area contributed by atoms with Crippen LogP contribution in [0.5, 0.6) is 5.75 Å². The molecule has 0 atom stereocenters. The largest absolute Gasteiger partial charge is 0.497 e. The van der Waals surface area contributed by atoms with Crippen molar-refractivity contribution in [2.45, 2.75) is 19.9 Å². The Balaban J connectivity index is 2.51. The molecular formula is C14H20N2O3. The highest BCUT2D eigenvalue weighted by Gasteiger charge is 2.10. The molecule has 0 unspecified atom stereocenters. The van der Waals surface area contributed by atoms with E-state index >= 15 is 0 Å². The maximum Gasteiger partial charge on any atom is 0.242 e. The first-order chi connectivity index (χ1) is 9.06. The van der Waals surface area contributed by atoms with Gasteiger partial charge in [0.2, 0.25) is 11.8 Å². The van der Waals surface area contributed by atoms with Crippen LogP contribution in [-0.2, 0) is 16.1 Å². The maximum absolute atomic E-state index is 11.8. The average molecular weight is 264 g/mol. The molecule has 0 saturated heterocycles. The number of nitrogens with one attached hydrogen (secondary N) is 1. The summed E-state index contributed by atoms with van der Waals surface area (Å²) in [5, 5.41) is 2.57. The van der Waals surface area contributed by atoms with E-state index in [-0.39, 0.29) is 18.4 Å². The van der Waals surface area contributed by atoms with Gasteiger partial charge in [0, 0.05) is 20.0 Å². The second kappa shape index (κ2) is 7.41. The number of methoxy groups -OCH3 is 1. The lowest BCUT2D eigenvalue weighted by atomic mass is 10.2. The fourth-order valence-electron chi connectivity index (χ4n) is 1.57. The summed E-state index contributed by atoms with van der Waals surface area (Å²) in [4.78, 5) is 24.5. The first kappa shape index (κ1) is 15.0. The zero-order valence-electron chi connectivity index (χ0n) is 11.6.